The van der Waals surface area contributed by atoms with Gasteiger partial charge in [-0.2, -0.15) is 5.10 Å². The molecule has 1 saturated carbocycles. The minimum atomic E-state index is -0.978. The van der Waals surface area contributed by atoms with E-state index in [1.54, 1.807) is 17.1 Å². The molecule has 90 valence electrons. The first-order valence-electron chi connectivity index (χ1n) is 5.70. The topological polar surface area (TPSA) is 17.8 Å². The monoisotopic (exact) mass is 244 g/mol. The molecule has 0 radical (unpaired) electrons. The van der Waals surface area contributed by atoms with Crippen LogP contribution in [0.2, 0.25) is 0 Å². The van der Waals surface area contributed by atoms with E-state index in [1.807, 2.05) is 0 Å². The van der Waals surface area contributed by atoms with E-state index in [1.165, 1.54) is 12.1 Å². The molecule has 0 aliphatic heterocycles. The fourth-order valence-electron chi connectivity index (χ4n) is 1.90. The lowest BCUT2D eigenvalue weighted by Gasteiger charge is -2.03. The standard InChI is InChI=1S/C14H10F2N2/c1-2-9-3-6-12(14(16)13(9)15)10-7-17-18(8-10)11-4-5-11/h1,3,6-8,11H,4-5H2. The Morgan fingerprint density at radius 2 is 2.06 bits per heavy atom. The van der Waals surface area contributed by atoms with Gasteiger partial charge in [0.2, 0.25) is 0 Å². The Balaban J connectivity index is 2.05. The molecule has 0 bridgehead atoms. The lowest BCUT2D eigenvalue weighted by Crippen LogP contribution is -1.94. The molecule has 1 aliphatic rings. The molecule has 3 rings (SSSR count). The fourth-order valence-corrected chi connectivity index (χ4v) is 1.90. The number of hydrogen-bond acceptors (Lipinski definition) is 1. The van der Waals surface area contributed by atoms with Gasteiger partial charge in [-0.15, -0.1) is 6.42 Å². The lowest BCUT2D eigenvalue weighted by molar-refractivity contribution is 0.509. The Morgan fingerprint density at radius 1 is 1.28 bits per heavy atom. The van der Waals surface area contributed by atoms with Gasteiger partial charge in [-0.1, -0.05) is 5.92 Å². The van der Waals surface area contributed by atoms with E-state index in [0.717, 1.165) is 12.8 Å². The number of aromatic nitrogens is 2. The van der Waals surface area contributed by atoms with Gasteiger partial charge in [0.15, 0.2) is 11.6 Å². The fraction of sp³-hybridized carbons (Fsp3) is 0.214. The molecule has 2 aromatic rings. The van der Waals surface area contributed by atoms with Gasteiger partial charge in [-0.3, -0.25) is 4.68 Å². The molecule has 0 amide bonds. The molecule has 18 heavy (non-hydrogen) atoms. The second-order valence-electron chi connectivity index (χ2n) is 4.37. The second kappa shape index (κ2) is 3.95. The third-order valence-corrected chi connectivity index (χ3v) is 3.07. The van der Waals surface area contributed by atoms with Crippen LogP contribution in [0.15, 0.2) is 24.5 Å². The van der Waals surface area contributed by atoms with Crippen molar-refractivity contribution in [2.45, 2.75) is 18.9 Å². The van der Waals surface area contributed by atoms with Gasteiger partial charge in [-0.05, 0) is 25.0 Å². The highest BCUT2D eigenvalue weighted by Gasteiger charge is 2.25. The Labute approximate surface area is 103 Å². The smallest absolute Gasteiger partial charge is 0.175 e. The summed E-state index contributed by atoms with van der Waals surface area (Å²) in [6, 6.07) is 3.31. The van der Waals surface area contributed by atoms with E-state index in [9.17, 15) is 8.78 Å². The quantitative estimate of drug-likeness (QED) is 0.742. The first-order chi connectivity index (χ1) is 8.70. The van der Waals surface area contributed by atoms with Crippen molar-refractivity contribution in [2.24, 2.45) is 0 Å². The maximum absolute atomic E-state index is 13.9. The van der Waals surface area contributed by atoms with Gasteiger partial charge >= 0.3 is 0 Å². The number of rotatable bonds is 2. The molecule has 2 nitrogen and oxygen atoms in total. The van der Waals surface area contributed by atoms with Crippen molar-refractivity contribution in [3.05, 3.63) is 41.7 Å². The number of nitrogens with zero attached hydrogens (tertiary/aromatic N) is 2. The van der Waals surface area contributed by atoms with Crippen LogP contribution >= 0.6 is 0 Å². The third-order valence-electron chi connectivity index (χ3n) is 3.07. The summed E-state index contributed by atoms with van der Waals surface area (Å²) in [5.74, 6) is 0.219. The van der Waals surface area contributed by atoms with Crippen LogP contribution in [0.5, 0.6) is 0 Å². The highest BCUT2D eigenvalue weighted by molar-refractivity contribution is 5.64. The molecule has 1 aliphatic carbocycles. The average Bonchev–Trinajstić information content (AvgIpc) is 3.12. The maximum Gasteiger partial charge on any atom is 0.175 e. The van der Waals surface area contributed by atoms with Gasteiger partial charge in [0.05, 0.1) is 17.8 Å². The zero-order chi connectivity index (χ0) is 12.7. The largest absolute Gasteiger partial charge is 0.269 e. The van der Waals surface area contributed by atoms with Crippen molar-refractivity contribution < 1.29 is 8.78 Å². The summed E-state index contributed by atoms with van der Waals surface area (Å²) in [6.07, 6.45) is 10.6. The highest BCUT2D eigenvalue weighted by Crippen LogP contribution is 2.35. The molecule has 4 heteroatoms. The molecular formula is C14H10F2N2. The van der Waals surface area contributed by atoms with Crippen LogP contribution in [0.1, 0.15) is 24.4 Å². The Kier molecular flexibility index (Phi) is 2.41. The molecule has 1 fully saturated rings. The Bertz CT molecular complexity index is 648. The van der Waals surface area contributed by atoms with Crippen LogP contribution in [-0.2, 0) is 0 Å². The minimum absolute atomic E-state index is 0.0640. The summed E-state index contributed by atoms with van der Waals surface area (Å²) in [7, 11) is 0. The highest BCUT2D eigenvalue weighted by atomic mass is 19.2. The van der Waals surface area contributed by atoms with Gasteiger partial charge in [-0.25, -0.2) is 8.78 Å². The van der Waals surface area contributed by atoms with Crippen LogP contribution in [0.3, 0.4) is 0 Å². The lowest BCUT2D eigenvalue weighted by atomic mass is 10.1. The van der Waals surface area contributed by atoms with Gasteiger partial charge in [0, 0.05) is 17.3 Å². The second-order valence-corrected chi connectivity index (χ2v) is 4.37. The maximum atomic E-state index is 13.9. The van der Waals surface area contributed by atoms with Gasteiger partial charge < -0.3 is 0 Å². The van der Waals surface area contributed by atoms with E-state index in [-0.39, 0.29) is 11.1 Å². The van der Waals surface area contributed by atoms with Gasteiger partial charge in [0.1, 0.15) is 0 Å². The SMILES string of the molecule is C#Cc1ccc(-c2cnn(C3CC3)c2)c(F)c1F. The van der Waals surface area contributed by atoms with E-state index in [2.05, 4.69) is 11.0 Å². The molecule has 0 unspecified atom stereocenters. The zero-order valence-corrected chi connectivity index (χ0v) is 9.53. The number of halogens is 2. The first-order valence-corrected chi connectivity index (χ1v) is 5.70. The molecule has 1 heterocycles. The molecule has 0 spiro atoms. The average molecular weight is 244 g/mol. The number of terminal acetylenes is 1. The predicted octanol–water partition coefficient (Wildman–Crippen LogP) is 3.14. The Morgan fingerprint density at radius 3 is 2.72 bits per heavy atom. The van der Waals surface area contributed by atoms with E-state index < -0.39 is 11.6 Å². The zero-order valence-electron chi connectivity index (χ0n) is 9.53. The summed E-state index contributed by atoms with van der Waals surface area (Å²) in [4.78, 5) is 0. The van der Waals surface area contributed by atoms with Crippen LogP contribution in [0.25, 0.3) is 11.1 Å². The molecule has 0 N–H and O–H groups in total. The van der Waals surface area contributed by atoms with Crippen molar-refractivity contribution >= 4 is 0 Å². The van der Waals surface area contributed by atoms with E-state index >= 15 is 0 Å². The molecule has 1 aromatic carbocycles. The van der Waals surface area contributed by atoms with Crippen LogP contribution in [0.4, 0.5) is 8.78 Å². The summed E-state index contributed by atoms with van der Waals surface area (Å²) >= 11 is 0. The predicted molar refractivity (Wildman–Crippen MR) is 63.8 cm³/mol. The minimum Gasteiger partial charge on any atom is -0.269 e. The molecular weight excluding hydrogens is 234 g/mol. The number of hydrogen-bond donors (Lipinski definition) is 0. The third kappa shape index (κ3) is 1.68. The molecule has 0 saturated heterocycles. The summed E-state index contributed by atoms with van der Waals surface area (Å²) in [6.45, 7) is 0. The van der Waals surface area contributed by atoms with Crippen molar-refractivity contribution in [2.75, 3.05) is 0 Å². The van der Waals surface area contributed by atoms with Gasteiger partial charge in [0.25, 0.3) is 0 Å². The summed E-state index contributed by atoms with van der Waals surface area (Å²) in [5, 5.41) is 4.16. The van der Waals surface area contributed by atoms with Crippen LogP contribution in [0, 0.1) is 24.0 Å². The van der Waals surface area contributed by atoms with Crippen molar-refractivity contribution in [1.82, 2.24) is 9.78 Å². The van der Waals surface area contributed by atoms with Crippen molar-refractivity contribution in [1.29, 1.82) is 0 Å². The number of benzene rings is 1. The van der Waals surface area contributed by atoms with E-state index in [4.69, 9.17) is 6.42 Å². The normalized spacial score (nSPS) is 14.5. The Hall–Kier alpha value is -2.15. The van der Waals surface area contributed by atoms with E-state index in [0.29, 0.717) is 11.6 Å². The molecule has 0 atom stereocenters. The van der Waals surface area contributed by atoms with Crippen molar-refractivity contribution in [3.8, 4) is 23.5 Å². The summed E-state index contributed by atoms with van der Waals surface area (Å²) in [5.41, 5.74) is 0.700. The molecule has 1 aromatic heterocycles. The van der Waals surface area contributed by atoms with Crippen LogP contribution < -0.4 is 0 Å². The first kappa shape index (κ1) is 11.0. The summed E-state index contributed by atoms with van der Waals surface area (Å²) < 4.78 is 29.2. The van der Waals surface area contributed by atoms with Crippen molar-refractivity contribution in [3.63, 3.8) is 0 Å². The van der Waals surface area contributed by atoms with Crippen LogP contribution in [-0.4, -0.2) is 9.78 Å².